The van der Waals surface area contributed by atoms with Crippen molar-refractivity contribution in [2.24, 2.45) is 0 Å². The van der Waals surface area contributed by atoms with E-state index in [1.54, 1.807) is 36.7 Å². The van der Waals surface area contributed by atoms with Crippen LogP contribution >= 0.6 is 0 Å². The molecule has 1 aromatic heterocycles. The summed E-state index contributed by atoms with van der Waals surface area (Å²) < 4.78 is 0. The molecule has 0 saturated heterocycles. The third kappa shape index (κ3) is 4.39. The molecule has 0 fully saturated rings. The van der Waals surface area contributed by atoms with Gasteiger partial charge in [-0.2, -0.15) is 0 Å². The van der Waals surface area contributed by atoms with E-state index in [1.807, 2.05) is 36.4 Å². The maximum absolute atomic E-state index is 12.6. The van der Waals surface area contributed by atoms with Crippen LogP contribution in [-0.4, -0.2) is 23.2 Å². The topological polar surface area (TPSA) is 62.3 Å². The third-order valence-corrected chi connectivity index (χ3v) is 4.23. The Morgan fingerprint density at radius 1 is 0.926 bits per heavy atom. The Hall–Kier alpha value is -3.47. The Morgan fingerprint density at radius 3 is 2.26 bits per heavy atom. The van der Waals surface area contributed by atoms with Crippen LogP contribution in [-0.2, 0) is 0 Å². The minimum absolute atomic E-state index is 0.00894. The van der Waals surface area contributed by atoms with Crippen LogP contribution in [0.15, 0.2) is 73.1 Å². The number of pyridine rings is 1. The van der Waals surface area contributed by atoms with Gasteiger partial charge in [-0.1, -0.05) is 18.2 Å². The molecule has 0 bridgehead atoms. The van der Waals surface area contributed by atoms with Crippen molar-refractivity contribution < 1.29 is 9.59 Å². The molecule has 0 aliphatic rings. The number of nitrogens with zero attached hydrogens (tertiary/aromatic N) is 2. The predicted molar refractivity (Wildman–Crippen MR) is 108 cm³/mol. The molecule has 27 heavy (non-hydrogen) atoms. The van der Waals surface area contributed by atoms with E-state index in [1.165, 1.54) is 6.92 Å². The highest BCUT2D eigenvalue weighted by Crippen LogP contribution is 2.25. The first kappa shape index (κ1) is 18.3. The van der Waals surface area contributed by atoms with E-state index in [4.69, 9.17) is 0 Å². The van der Waals surface area contributed by atoms with Crippen LogP contribution < -0.4 is 10.2 Å². The van der Waals surface area contributed by atoms with Crippen molar-refractivity contribution >= 4 is 28.8 Å². The summed E-state index contributed by atoms with van der Waals surface area (Å²) in [6.07, 6.45) is 3.29. The fourth-order valence-electron chi connectivity index (χ4n) is 2.81. The van der Waals surface area contributed by atoms with E-state index in [0.717, 1.165) is 17.9 Å². The van der Waals surface area contributed by atoms with Gasteiger partial charge in [0.05, 0.1) is 17.4 Å². The standard InChI is InChI=1S/C22H21N3O2/c1-3-25(20-7-5-4-6-8-20)21-13-18(14-23-15-21)22(27)24-19-11-9-17(10-12-19)16(2)26/h4-15H,3H2,1-2H3,(H,24,27). The lowest BCUT2D eigenvalue weighted by Gasteiger charge is -2.23. The van der Waals surface area contributed by atoms with Crippen LogP contribution in [0.1, 0.15) is 34.6 Å². The molecule has 1 N–H and O–H groups in total. The molecule has 3 aromatic rings. The van der Waals surface area contributed by atoms with Gasteiger partial charge in [0.1, 0.15) is 0 Å². The van der Waals surface area contributed by atoms with E-state index in [0.29, 0.717) is 16.8 Å². The number of para-hydroxylation sites is 1. The van der Waals surface area contributed by atoms with Gasteiger partial charge in [-0.3, -0.25) is 14.6 Å². The van der Waals surface area contributed by atoms with Crippen LogP contribution in [0.5, 0.6) is 0 Å². The van der Waals surface area contributed by atoms with Gasteiger partial charge >= 0.3 is 0 Å². The monoisotopic (exact) mass is 359 g/mol. The number of benzene rings is 2. The van der Waals surface area contributed by atoms with E-state index in [9.17, 15) is 9.59 Å². The molecule has 3 rings (SSSR count). The Kier molecular flexibility index (Phi) is 5.61. The highest BCUT2D eigenvalue weighted by Gasteiger charge is 2.12. The van der Waals surface area contributed by atoms with Gasteiger partial charge in [-0.25, -0.2) is 0 Å². The highest BCUT2D eigenvalue weighted by atomic mass is 16.1. The number of ketones is 1. The summed E-state index contributed by atoms with van der Waals surface area (Å²) in [4.78, 5) is 30.3. The Balaban J connectivity index is 1.80. The first-order chi connectivity index (χ1) is 13.1. The second kappa shape index (κ2) is 8.27. The molecule has 1 heterocycles. The average molecular weight is 359 g/mol. The minimum Gasteiger partial charge on any atom is -0.340 e. The van der Waals surface area contributed by atoms with Gasteiger partial charge in [0, 0.05) is 29.7 Å². The van der Waals surface area contributed by atoms with E-state index in [-0.39, 0.29) is 11.7 Å². The van der Waals surface area contributed by atoms with Gasteiger partial charge in [0.2, 0.25) is 0 Å². The molecular formula is C22H21N3O2. The minimum atomic E-state index is -0.246. The number of amides is 1. The number of hydrogen-bond acceptors (Lipinski definition) is 4. The normalized spacial score (nSPS) is 10.3. The first-order valence-electron chi connectivity index (χ1n) is 8.78. The van der Waals surface area contributed by atoms with Crippen LogP contribution in [0.25, 0.3) is 0 Å². The van der Waals surface area contributed by atoms with Crippen molar-refractivity contribution in [2.45, 2.75) is 13.8 Å². The summed E-state index contributed by atoms with van der Waals surface area (Å²) in [6.45, 7) is 4.32. The molecule has 0 unspecified atom stereocenters. The number of aromatic nitrogens is 1. The van der Waals surface area contributed by atoms with Crippen molar-refractivity contribution in [3.05, 3.63) is 84.2 Å². The fraction of sp³-hybridized carbons (Fsp3) is 0.136. The van der Waals surface area contributed by atoms with Crippen molar-refractivity contribution in [3.8, 4) is 0 Å². The largest absolute Gasteiger partial charge is 0.340 e. The predicted octanol–water partition coefficient (Wildman–Crippen LogP) is 4.69. The highest BCUT2D eigenvalue weighted by molar-refractivity contribution is 6.05. The van der Waals surface area contributed by atoms with Crippen molar-refractivity contribution in [1.82, 2.24) is 4.98 Å². The number of nitrogens with one attached hydrogen (secondary N) is 1. The summed E-state index contributed by atoms with van der Waals surface area (Å²) >= 11 is 0. The van der Waals surface area contributed by atoms with E-state index < -0.39 is 0 Å². The molecule has 136 valence electrons. The van der Waals surface area contributed by atoms with Gasteiger partial charge in [0.15, 0.2) is 5.78 Å². The zero-order valence-electron chi connectivity index (χ0n) is 15.3. The number of anilines is 3. The van der Waals surface area contributed by atoms with E-state index in [2.05, 4.69) is 22.1 Å². The fourth-order valence-corrected chi connectivity index (χ4v) is 2.81. The maximum atomic E-state index is 12.6. The van der Waals surface area contributed by atoms with Crippen LogP contribution in [0.4, 0.5) is 17.1 Å². The Labute approximate surface area is 158 Å². The molecule has 0 aliphatic carbocycles. The summed E-state index contributed by atoms with van der Waals surface area (Å²) in [6, 6.07) is 18.6. The quantitative estimate of drug-likeness (QED) is 0.648. The zero-order chi connectivity index (χ0) is 19.2. The number of carbonyl (C=O) groups is 2. The average Bonchev–Trinajstić information content (AvgIpc) is 2.70. The van der Waals surface area contributed by atoms with Gasteiger partial charge in [0.25, 0.3) is 5.91 Å². The lowest BCUT2D eigenvalue weighted by Crippen LogP contribution is -2.18. The molecule has 2 aromatic carbocycles. The lowest BCUT2D eigenvalue weighted by atomic mass is 10.1. The molecule has 0 saturated carbocycles. The van der Waals surface area contributed by atoms with Crippen molar-refractivity contribution in [1.29, 1.82) is 0 Å². The molecule has 0 radical (unpaired) electrons. The second-order valence-electron chi connectivity index (χ2n) is 6.10. The molecule has 0 spiro atoms. The van der Waals surface area contributed by atoms with Crippen LogP contribution in [0, 0.1) is 0 Å². The maximum Gasteiger partial charge on any atom is 0.257 e. The smallest absolute Gasteiger partial charge is 0.257 e. The van der Waals surface area contributed by atoms with Crippen molar-refractivity contribution in [3.63, 3.8) is 0 Å². The van der Waals surface area contributed by atoms with Gasteiger partial charge in [-0.05, 0) is 56.3 Å². The van der Waals surface area contributed by atoms with Crippen LogP contribution in [0.3, 0.4) is 0 Å². The number of carbonyl (C=O) groups excluding carboxylic acids is 2. The molecule has 0 aliphatic heterocycles. The number of rotatable bonds is 6. The molecule has 5 heteroatoms. The molecular weight excluding hydrogens is 338 g/mol. The zero-order valence-corrected chi connectivity index (χ0v) is 15.3. The van der Waals surface area contributed by atoms with Gasteiger partial charge in [-0.15, -0.1) is 0 Å². The third-order valence-electron chi connectivity index (χ3n) is 4.23. The molecule has 0 atom stereocenters. The SMILES string of the molecule is CCN(c1ccccc1)c1cncc(C(=O)Nc2ccc(C(C)=O)cc2)c1. The Bertz CT molecular complexity index is 937. The summed E-state index contributed by atoms with van der Waals surface area (Å²) in [5.41, 5.74) is 3.60. The van der Waals surface area contributed by atoms with Crippen LogP contribution in [0.2, 0.25) is 0 Å². The van der Waals surface area contributed by atoms with Crippen molar-refractivity contribution in [2.75, 3.05) is 16.8 Å². The Morgan fingerprint density at radius 2 is 1.63 bits per heavy atom. The van der Waals surface area contributed by atoms with Gasteiger partial charge < -0.3 is 10.2 Å². The molecule has 5 nitrogen and oxygen atoms in total. The summed E-state index contributed by atoms with van der Waals surface area (Å²) in [5, 5.41) is 2.84. The number of Topliss-reactive ketones (excluding diaryl/α,β-unsaturated/α-hetero) is 1. The second-order valence-corrected chi connectivity index (χ2v) is 6.10. The van der Waals surface area contributed by atoms with E-state index >= 15 is 0 Å². The molecule has 1 amide bonds. The summed E-state index contributed by atoms with van der Waals surface area (Å²) in [5.74, 6) is -0.255. The number of hydrogen-bond donors (Lipinski definition) is 1. The summed E-state index contributed by atoms with van der Waals surface area (Å²) in [7, 11) is 0. The first-order valence-corrected chi connectivity index (χ1v) is 8.78. The lowest BCUT2D eigenvalue weighted by molar-refractivity contribution is 0.101.